The van der Waals surface area contributed by atoms with Crippen molar-refractivity contribution in [1.29, 1.82) is 0 Å². The van der Waals surface area contributed by atoms with Gasteiger partial charge in [0.1, 0.15) is 12.1 Å². The van der Waals surface area contributed by atoms with E-state index in [-0.39, 0.29) is 5.82 Å². The summed E-state index contributed by atoms with van der Waals surface area (Å²) >= 11 is 0. The molecule has 0 spiro atoms. The average Bonchev–Trinajstić information content (AvgIpc) is 2.38. The zero-order valence-corrected chi connectivity index (χ0v) is 12.2. The first-order chi connectivity index (χ1) is 9.52. The molecule has 2 rings (SSSR count). The monoisotopic (exact) mass is 273 g/mol. The van der Waals surface area contributed by atoms with Crippen LogP contribution in [0.5, 0.6) is 17.4 Å². The minimum atomic E-state index is 0.257. The number of hydrogen-bond donors (Lipinski definition) is 1. The molecule has 0 bridgehead atoms. The van der Waals surface area contributed by atoms with Gasteiger partial charge in [0.2, 0.25) is 5.75 Å². The number of nitrogens with two attached hydrogens (primary N) is 1. The maximum atomic E-state index is 5.74. The molecule has 0 aliphatic heterocycles. The van der Waals surface area contributed by atoms with Crippen molar-refractivity contribution >= 4 is 5.82 Å². The number of ether oxygens (including phenoxy) is 2. The molecule has 2 N–H and O–H groups in total. The number of aromatic nitrogens is 2. The summed E-state index contributed by atoms with van der Waals surface area (Å²) in [4.78, 5) is 7.92. The average molecular weight is 273 g/mol. The van der Waals surface area contributed by atoms with Crippen LogP contribution in [0.3, 0.4) is 0 Å². The van der Waals surface area contributed by atoms with Crippen molar-refractivity contribution in [3.05, 3.63) is 35.7 Å². The van der Waals surface area contributed by atoms with Gasteiger partial charge >= 0.3 is 0 Å². The van der Waals surface area contributed by atoms with Gasteiger partial charge in [-0.3, -0.25) is 0 Å². The predicted octanol–water partition coefficient (Wildman–Crippen LogP) is 3.29. The topological polar surface area (TPSA) is 70.3 Å². The fourth-order valence-electron chi connectivity index (χ4n) is 2.11. The molecule has 0 fully saturated rings. The van der Waals surface area contributed by atoms with Crippen LogP contribution in [-0.4, -0.2) is 17.1 Å². The van der Waals surface area contributed by atoms with Crippen LogP contribution in [0, 0.1) is 6.92 Å². The lowest BCUT2D eigenvalue weighted by Crippen LogP contribution is -2.00. The van der Waals surface area contributed by atoms with Gasteiger partial charge in [0.05, 0.1) is 7.11 Å². The molecule has 0 unspecified atom stereocenters. The normalized spacial score (nSPS) is 10.7. The number of hydrogen-bond acceptors (Lipinski definition) is 5. The summed E-state index contributed by atoms with van der Waals surface area (Å²) in [7, 11) is 1.51. The van der Waals surface area contributed by atoms with Crippen molar-refractivity contribution in [3.63, 3.8) is 0 Å². The number of methoxy groups -OCH3 is 1. The van der Waals surface area contributed by atoms with E-state index in [1.165, 1.54) is 24.6 Å². The second kappa shape index (κ2) is 5.77. The Morgan fingerprint density at radius 3 is 2.55 bits per heavy atom. The predicted molar refractivity (Wildman–Crippen MR) is 78.3 cm³/mol. The number of benzene rings is 1. The lowest BCUT2D eigenvalue weighted by molar-refractivity contribution is 0.369. The van der Waals surface area contributed by atoms with Gasteiger partial charge in [0.25, 0.3) is 5.88 Å². The summed E-state index contributed by atoms with van der Waals surface area (Å²) in [5.74, 6) is 2.10. The van der Waals surface area contributed by atoms with Gasteiger partial charge in [-0.05, 0) is 36.1 Å². The van der Waals surface area contributed by atoms with Crippen LogP contribution in [0.2, 0.25) is 0 Å². The van der Waals surface area contributed by atoms with E-state index < -0.39 is 0 Å². The molecule has 0 amide bonds. The molecule has 1 heterocycles. The van der Waals surface area contributed by atoms with Crippen molar-refractivity contribution in [1.82, 2.24) is 9.97 Å². The Morgan fingerprint density at radius 2 is 1.95 bits per heavy atom. The van der Waals surface area contributed by atoms with Gasteiger partial charge in [0, 0.05) is 0 Å². The SMILES string of the molecule is COc1c(N)ncnc1Oc1ccc(C(C)C)c(C)c1. The summed E-state index contributed by atoms with van der Waals surface area (Å²) in [6, 6.07) is 5.96. The molecule has 106 valence electrons. The van der Waals surface area contributed by atoms with Gasteiger partial charge in [-0.15, -0.1) is 0 Å². The first-order valence-electron chi connectivity index (χ1n) is 6.45. The second-order valence-electron chi connectivity index (χ2n) is 4.87. The lowest BCUT2D eigenvalue weighted by atomic mass is 9.98. The molecule has 20 heavy (non-hydrogen) atoms. The molecule has 0 atom stereocenters. The number of nitrogen functional groups attached to an aromatic ring is 1. The van der Waals surface area contributed by atoms with Gasteiger partial charge < -0.3 is 15.2 Å². The van der Waals surface area contributed by atoms with Gasteiger partial charge in [-0.2, -0.15) is 4.98 Å². The number of anilines is 1. The zero-order chi connectivity index (χ0) is 14.7. The molecule has 2 aromatic rings. The van der Waals surface area contributed by atoms with Gasteiger partial charge in [-0.1, -0.05) is 19.9 Å². The first-order valence-corrected chi connectivity index (χ1v) is 6.45. The molecule has 1 aromatic heterocycles. The highest BCUT2D eigenvalue weighted by atomic mass is 16.5. The minimum absolute atomic E-state index is 0.257. The highest BCUT2D eigenvalue weighted by Gasteiger charge is 2.12. The molecule has 5 nitrogen and oxygen atoms in total. The number of aryl methyl sites for hydroxylation is 1. The Kier molecular flexibility index (Phi) is 4.08. The quantitative estimate of drug-likeness (QED) is 0.925. The Labute approximate surface area is 118 Å². The van der Waals surface area contributed by atoms with E-state index in [2.05, 4.69) is 36.8 Å². The molecule has 0 radical (unpaired) electrons. The van der Waals surface area contributed by atoms with Crippen LogP contribution in [0.4, 0.5) is 5.82 Å². The molecule has 0 aliphatic rings. The largest absolute Gasteiger partial charge is 0.489 e. The van der Waals surface area contributed by atoms with E-state index >= 15 is 0 Å². The third-order valence-electron chi connectivity index (χ3n) is 3.08. The van der Waals surface area contributed by atoms with Crippen LogP contribution in [-0.2, 0) is 0 Å². The maximum Gasteiger partial charge on any atom is 0.268 e. The molecule has 5 heteroatoms. The van der Waals surface area contributed by atoms with Crippen LogP contribution >= 0.6 is 0 Å². The third kappa shape index (κ3) is 2.82. The summed E-state index contributed by atoms with van der Waals surface area (Å²) in [6.45, 7) is 6.39. The van der Waals surface area contributed by atoms with E-state index in [1.54, 1.807) is 0 Å². The summed E-state index contributed by atoms with van der Waals surface area (Å²) in [5, 5.41) is 0. The number of rotatable bonds is 4. The highest BCUT2D eigenvalue weighted by molar-refractivity contribution is 5.52. The fourth-order valence-corrected chi connectivity index (χ4v) is 2.11. The fraction of sp³-hybridized carbons (Fsp3) is 0.333. The molecule has 0 saturated heterocycles. The van der Waals surface area contributed by atoms with E-state index in [0.29, 0.717) is 23.3 Å². The first kappa shape index (κ1) is 14.1. The third-order valence-corrected chi connectivity index (χ3v) is 3.08. The van der Waals surface area contributed by atoms with Crippen LogP contribution in [0.15, 0.2) is 24.5 Å². The van der Waals surface area contributed by atoms with Crippen molar-refractivity contribution in [2.45, 2.75) is 26.7 Å². The van der Waals surface area contributed by atoms with Gasteiger partial charge in [-0.25, -0.2) is 4.98 Å². The van der Waals surface area contributed by atoms with Crippen LogP contribution in [0.25, 0.3) is 0 Å². The van der Waals surface area contributed by atoms with Crippen molar-refractivity contribution in [2.75, 3.05) is 12.8 Å². The zero-order valence-electron chi connectivity index (χ0n) is 12.2. The van der Waals surface area contributed by atoms with Crippen molar-refractivity contribution < 1.29 is 9.47 Å². The Balaban J connectivity index is 2.31. The molecule has 0 aliphatic carbocycles. The lowest BCUT2D eigenvalue weighted by Gasteiger charge is -2.13. The van der Waals surface area contributed by atoms with Crippen molar-refractivity contribution in [2.24, 2.45) is 0 Å². The smallest absolute Gasteiger partial charge is 0.268 e. The summed E-state index contributed by atoms with van der Waals surface area (Å²) in [6.07, 6.45) is 1.35. The van der Waals surface area contributed by atoms with E-state index in [9.17, 15) is 0 Å². The van der Waals surface area contributed by atoms with Crippen molar-refractivity contribution in [3.8, 4) is 17.4 Å². The molecule has 1 aromatic carbocycles. The summed E-state index contributed by atoms with van der Waals surface area (Å²) < 4.78 is 10.9. The highest BCUT2D eigenvalue weighted by Crippen LogP contribution is 2.33. The Bertz CT molecular complexity index is 612. The Morgan fingerprint density at radius 1 is 1.20 bits per heavy atom. The Hall–Kier alpha value is -2.30. The van der Waals surface area contributed by atoms with E-state index in [4.69, 9.17) is 15.2 Å². The second-order valence-corrected chi connectivity index (χ2v) is 4.87. The molecule has 0 saturated carbocycles. The summed E-state index contributed by atoms with van der Waals surface area (Å²) in [5.41, 5.74) is 8.20. The maximum absolute atomic E-state index is 5.74. The minimum Gasteiger partial charge on any atom is -0.489 e. The van der Waals surface area contributed by atoms with Crippen LogP contribution < -0.4 is 15.2 Å². The molecular formula is C15H19N3O2. The van der Waals surface area contributed by atoms with Crippen LogP contribution in [0.1, 0.15) is 30.9 Å². The molecular weight excluding hydrogens is 254 g/mol. The van der Waals surface area contributed by atoms with E-state index in [1.807, 2.05) is 12.1 Å². The van der Waals surface area contributed by atoms with Gasteiger partial charge in [0.15, 0.2) is 5.82 Å². The van der Waals surface area contributed by atoms with E-state index in [0.717, 1.165) is 0 Å². The number of nitrogens with zero attached hydrogens (tertiary/aromatic N) is 2. The standard InChI is InChI=1S/C15H19N3O2/c1-9(2)12-6-5-11(7-10(12)3)20-15-13(19-4)14(16)17-8-18-15/h5-9H,1-4H3,(H2,16,17,18).